The van der Waals surface area contributed by atoms with E-state index in [4.69, 9.17) is 20.9 Å². The molecule has 0 fully saturated rings. The summed E-state index contributed by atoms with van der Waals surface area (Å²) >= 11 is 1.02. The number of carboxylic acid groups (broad SMARTS) is 1. The standard InChI is InChI=1S/C25H28N6O6S.ClH/c1-15-19(38-24(28-15)30-23(26)27)21(33)29-18-10-6-7-16(13-18)14-25(22(34)35,37-12-11-36-2)31-20(32)17-8-4-3-5-9-17;/h3-10,13H,11-12,14H2,1-2H3,(H,29,33)(H,31,32)(H,34,35)(H4,26,27,28,30);1H. The molecular formula is C25H29ClN6O6S. The van der Waals surface area contributed by atoms with Crippen molar-refractivity contribution in [2.75, 3.05) is 25.6 Å². The largest absolute Gasteiger partial charge is 0.478 e. The van der Waals surface area contributed by atoms with E-state index in [1.54, 1.807) is 61.5 Å². The molecule has 3 aromatic rings. The lowest BCUT2D eigenvalue weighted by Gasteiger charge is -2.31. The molecule has 39 heavy (non-hydrogen) atoms. The third-order valence-corrected chi connectivity index (χ3v) is 6.24. The highest BCUT2D eigenvalue weighted by Crippen LogP contribution is 2.26. The number of rotatable bonds is 12. The quantitative estimate of drug-likeness (QED) is 0.0932. The van der Waals surface area contributed by atoms with Gasteiger partial charge in [-0.05, 0) is 36.8 Å². The van der Waals surface area contributed by atoms with Crippen molar-refractivity contribution in [3.8, 4) is 0 Å². The zero-order valence-electron chi connectivity index (χ0n) is 21.2. The maximum Gasteiger partial charge on any atom is 0.357 e. The zero-order valence-corrected chi connectivity index (χ0v) is 22.8. The Balaban J connectivity index is 0.00000533. The van der Waals surface area contributed by atoms with Crippen molar-refractivity contribution < 1.29 is 29.0 Å². The predicted octanol–water partition coefficient (Wildman–Crippen LogP) is 2.45. The van der Waals surface area contributed by atoms with Gasteiger partial charge < -0.3 is 36.7 Å². The Kier molecular flexibility index (Phi) is 11.4. The number of methoxy groups -OCH3 is 1. The van der Waals surface area contributed by atoms with Crippen LogP contribution in [0.4, 0.5) is 10.8 Å². The third kappa shape index (κ3) is 8.48. The van der Waals surface area contributed by atoms with Crippen molar-refractivity contribution in [2.24, 2.45) is 16.5 Å². The van der Waals surface area contributed by atoms with Crippen LogP contribution in [-0.4, -0.2) is 59.9 Å². The van der Waals surface area contributed by atoms with Crippen LogP contribution in [0, 0.1) is 6.92 Å². The first kappa shape index (κ1) is 31.2. The van der Waals surface area contributed by atoms with Crippen molar-refractivity contribution in [2.45, 2.75) is 19.1 Å². The van der Waals surface area contributed by atoms with E-state index in [9.17, 15) is 19.5 Å². The van der Waals surface area contributed by atoms with Crippen LogP contribution < -0.4 is 22.1 Å². The van der Waals surface area contributed by atoms with E-state index in [2.05, 4.69) is 20.6 Å². The second kappa shape index (κ2) is 14.2. The highest BCUT2D eigenvalue weighted by molar-refractivity contribution is 7.17. The molecule has 0 saturated carbocycles. The van der Waals surface area contributed by atoms with Gasteiger partial charge in [-0.15, -0.1) is 12.4 Å². The van der Waals surface area contributed by atoms with Gasteiger partial charge in [-0.3, -0.25) is 9.59 Å². The van der Waals surface area contributed by atoms with Crippen LogP contribution >= 0.6 is 23.7 Å². The van der Waals surface area contributed by atoms with E-state index < -0.39 is 23.5 Å². The number of aliphatic carboxylic acids is 1. The molecule has 3 rings (SSSR count). The molecule has 0 bridgehead atoms. The normalized spacial score (nSPS) is 11.9. The number of carbonyl (C=O) groups excluding carboxylic acids is 2. The fourth-order valence-electron chi connectivity index (χ4n) is 3.45. The van der Waals surface area contributed by atoms with E-state index >= 15 is 0 Å². The number of nitrogens with zero attached hydrogens (tertiary/aromatic N) is 2. The van der Waals surface area contributed by atoms with Gasteiger partial charge in [0.2, 0.25) is 10.9 Å². The van der Waals surface area contributed by atoms with Gasteiger partial charge in [-0.1, -0.05) is 41.7 Å². The molecular weight excluding hydrogens is 548 g/mol. The summed E-state index contributed by atoms with van der Waals surface area (Å²) in [5.41, 5.74) is 10.3. The van der Waals surface area contributed by atoms with Crippen LogP contribution in [0.5, 0.6) is 0 Å². The monoisotopic (exact) mass is 576 g/mol. The first-order valence-corrected chi connectivity index (χ1v) is 12.2. The Morgan fingerprint density at radius 3 is 2.44 bits per heavy atom. The number of carboxylic acids is 1. The lowest BCUT2D eigenvalue weighted by molar-refractivity contribution is -0.171. The van der Waals surface area contributed by atoms with Gasteiger partial charge >= 0.3 is 5.97 Å². The molecule has 0 aliphatic heterocycles. The number of nitrogens with one attached hydrogen (secondary N) is 2. The van der Waals surface area contributed by atoms with Crippen molar-refractivity contribution in [1.82, 2.24) is 10.3 Å². The molecule has 1 aromatic heterocycles. The summed E-state index contributed by atoms with van der Waals surface area (Å²) in [6.45, 7) is 1.68. The summed E-state index contributed by atoms with van der Waals surface area (Å²) in [5.74, 6) is -2.62. The molecule has 2 amide bonds. The summed E-state index contributed by atoms with van der Waals surface area (Å²) in [5, 5.41) is 15.7. The smallest absolute Gasteiger partial charge is 0.357 e. The number of aromatic nitrogens is 1. The van der Waals surface area contributed by atoms with Gasteiger partial charge in [0.1, 0.15) is 4.88 Å². The van der Waals surface area contributed by atoms with Crippen LogP contribution in [0.25, 0.3) is 0 Å². The van der Waals surface area contributed by atoms with Crippen LogP contribution in [-0.2, 0) is 20.7 Å². The Bertz CT molecular complexity index is 1330. The number of ether oxygens (including phenoxy) is 2. The molecule has 1 atom stereocenters. The van der Waals surface area contributed by atoms with E-state index in [0.29, 0.717) is 21.8 Å². The number of aryl methyl sites for hydroxylation is 1. The highest BCUT2D eigenvalue weighted by Gasteiger charge is 2.42. The minimum Gasteiger partial charge on any atom is -0.478 e. The second-order valence-electron chi connectivity index (χ2n) is 8.07. The molecule has 0 aliphatic rings. The van der Waals surface area contributed by atoms with Crippen molar-refractivity contribution in [1.29, 1.82) is 0 Å². The van der Waals surface area contributed by atoms with Crippen molar-refractivity contribution >= 4 is 58.3 Å². The number of hydrogen-bond acceptors (Lipinski definition) is 8. The molecule has 14 heteroatoms. The highest BCUT2D eigenvalue weighted by atomic mass is 35.5. The molecule has 0 spiro atoms. The Morgan fingerprint density at radius 1 is 1.08 bits per heavy atom. The molecule has 12 nitrogen and oxygen atoms in total. The summed E-state index contributed by atoms with van der Waals surface area (Å²) in [6.07, 6.45) is -0.234. The van der Waals surface area contributed by atoms with E-state index in [1.165, 1.54) is 7.11 Å². The average molecular weight is 577 g/mol. The van der Waals surface area contributed by atoms with Crippen LogP contribution in [0.1, 0.15) is 31.3 Å². The van der Waals surface area contributed by atoms with E-state index in [-0.39, 0.29) is 48.7 Å². The summed E-state index contributed by atoms with van der Waals surface area (Å²) in [7, 11) is 1.45. The molecule has 1 unspecified atom stereocenters. The van der Waals surface area contributed by atoms with Crippen molar-refractivity contribution in [3.05, 3.63) is 76.3 Å². The van der Waals surface area contributed by atoms with Gasteiger partial charge in [0.15, 0.2) is 5.96 Å². The number of aliphatic imine (C=N–C) groups is 1. The lowest BCUT2D eigenvalue weighted by Crippen LogP contribution is -2.58. The number of thiazole rings is 1. The first-order valence-electron chi connectivity index (χ1n) is 11.3. The van der Waals surface area contributed by atoms with Crippen LogP contribution in [0.3, 0.4) is 0 Å². The number of anilines is 1. The number of halogens is 1. The fourth-order valence-corrected chi connectivity index (χ4v) is 4.31. The molecule has 1 heterocycles. The van der Waals surface area contributed by atoms with E-state index in [0.717, 1.165) is 11.3 Å². The number of guanidine groups is 1. The fraction of sp³-hybridized carbons (Fsp3) is 0.240. The molecule has 0 saturated heterocycles. The number of amides is 2. The summed E-state index contributed by atoms with van der Waals surface area (Å²) in [6, 6.07) is 14.8. The lowest BCUT2D eigenvalue weighted by atomic mass is 10.0. The van der Waals surface area contributed by atoms with Gasteiger partial charge in [0, 0.05) is 24.8 Å². The predicted molar refractivity (Wildman–Crippen MR) is 150 cm³/mol. The maximum absolute atomic E-state index is 12.9. The maximum atomic E-state index is 12.9. The number of hydrogen-bond donors (Lipinski definition) is 5. The van der Waals surface area contributed by atoms with Crippen LogP contribution in [0.2, 0.25) is 0 Å². The topological polar surface area (TPSA) is 191 Å². The molecule has 208 valence electrons. The van der Waals surface area contributed by atoms with E-state index in [1.807, 2.05) is 0 Å². The van der Waals surface area contributed by atoms with Gasteiger partial charge in [-0.2, -0.15) is 4.99 Å². The SMILES string of the molecule is COCCOC(Cc1cccc(NC(=O)c2sc(N=C(N)N)nc2C)c1)(NC(=O)c1ccccc1)C(=O)O.Cl. The minimum atomic E-state index is -2.10. The molecule has 0 aliphatic carbocycles. The number of carbonyl (C=O) groups is 3. The Hall–Kier alpha value is -4.04. The molecule has 0 radical (unpaired) electrons. The summed E-state index contributed by atoms with van der Waals surface area (Å²) in [4.78, 5) is 46.6. The Labute approximate surface area is 234 Å². The summed E-state index contributed by atoms with van der Waals surface area (Å²) < 4.78 is 10.7. The first-order chi connectivity index (χ1) is 18.1. The van der Waals surface area contributed by atoms with Crippen LogP contribution in [0.15, 0.2) is 59.6 Å². The number of nitrogens with two attached hydrogens (primary N) is 2. The van der Waals surface area contributed by atoms with Gasteiger partial charge in [0.05, 0.1) is 18.9 Å². The minimum absolute atomic E-state index is 0. The zero-order chi connectivity index (χ0) is 27.7. The van der Waals surface area contributed by atoms with Gasteiger partial charge in [0.25, 0.3) is 11.8 Å². The second-order valence-corrected chi connectivity index (χ2v) is 9.05. The average Bonchev–Trinajstić information content (AvgIpc) is 3.24. The van der Waals surface area contributed by atoms with Crippen molar-refractivity contribution in [3.63, 3.8) is 0 Å². The molecule has 2 aromatic carbocycles. The third-order valence-electron chi connectivity index (χ3n) is 5.19. The van der Waals surface area contributed by atoms with Gasteiger partial charge in [-0.25, -0.2) is 9.78 Å². The Morgan fingerprint density at radius 2 is 1.79 bits per heavy atom. The number of benzene rings is 2. The molecule has 7 N–H and O–H groups in total.